The molecule has 0 atom stereocenters. The van der Waals surface area contributed by atoms with Crippen LogP contribution in [0.1, 0.15) is 15.9 Å². The van der Waals surface area contributed by atoms with Crippen LogP contribution >= 0.6 is 0 Å². The fraction of sp³-hybridized carbons (Fsp3) is 0.105. The Labute approximate surface area is 143 Å². The van der Waals surface area contributed by atoms with E-state index in [1.165, 1.54) is 10.7 Å². The van der Waals surface area contributed by atoms with E-state index in [2.05, 4.69) is 5.10 Å². The summed E-state index contributed by atoms with van der Waals surface area (Å²) in [6.07, 6.45) is 0. The lowest BCUT2D eigenvalue weighted by Crippen LogP contribution is -2.29. The Morgan fingerprint density at radius 2 is 1.80 bits per heavy atom. The lowest BCUT2D eigenvalue weighted by Gasteiger charge is -2.10. The molecule has 2 aromatic carbocycles. The summed E-state index contributed by atoms with van der Waals surface area (Å²) in [4.78, 5) is 23.8. The molecule has 1 heterocycles. The van der Waals surface area contributed by atoms with Crippen LogP contribution in [0.3, 0.4) is 0 Å². The number of aromatic nitrogens is 2. The molecule has 1 aromatic heterocycles. The molecule has 6 heteroatoms. The molecule has 0 spiro atoms. The maximum Gasteiger partial charge on any atom is 0.341 e. The predicted molar refractivity (Wildman–Crippen MR) is 93.0 cm³/mol. The van der Waals surface area contributed by atoms with Crippen LogP contribution in [-0.2, 0) is 6.54 Å². The highest BCUT2D eigenvalue weighted by Gasteiger charge is 2.15. The number of carboxylic acids is 1. The van der Waals surface area contributed by atoms with Crippen molar-refractivity contribution in [2.75, 3.05) is 7.11 Å². The summed E-state index contributed by atoms with van der Waals surface area (Å²) >= 11 is 0. The molecule has 0 amide bonds. The van der Waals surface area contributed by atoms with E-state index in [0.29, 0.717) is 17.0 Å². The predicted octanol–water partition coefficient (Wildman–Crippen LogP) is 2.67. The molecule has 25 heavy (non-hydrogen) atoms. The van der Waals surface area contributed by atoms with Crippen LogP contribution < -0.4 is 10.3 Å². The molecule has 0 aliphatic heterocycles. The summed E-state index contributed by atoms with van der Waals surface area (Å²) in [5, 5.41) is 13.7. The first-order valence-corrected chi connectivity index (χ1v) is 7.62. The van der Waals surface area contributed by atoms with E-state index in [9.17, 15) is 14.7 Å². The quantitative estimate of drug-likeness (QED) is 0.775. The third kappa shape index (κ3) is 3.58. The minimum Gasteiger partial charge on any atom is -0.497 e. The number of ether oxygens (including phenoxy) is 1. The zero-order chi connectivity index (χ0) is 17.8. The van der Waals surface area contributed by atoms with Crippen molar-refractivity contribution < 1.29 is 14.6 Å². The van der Waals surface area contributed by atoms with Gasteiger partial charge in [0.25, 0.3) is 5.56 Å². The van der Waals surface area contributed by atoms with Crippen molar-refractivity contribution in [3.05, 3.63) is 82.1 Å². The molecular weight excluding hydrogens is 320 g/mol. The first-order valence-electron chi connectivity index (χ1n) is 7.62. The third-order valence-electron chi connectivity index (χ3n) is 3.77. The van der Waals surface area contributed by atoms with E-state index in [1.807, 2.05) is 30.3 Å². The van der Waals surface area contributed by atoms with Crippen molar-refractivity contribution in [1.29, 1.82) is 0 Å². The highest BCUT2D eigenvalue weighted by molar-refractivity contribution is 5.88. The van der Waals surface area contributed by atoms with Gasteiger partial charge in [-0.25, -0.2) is 9.48 Å². The Balaban J connectivity index is 2.09. The van der Waals surface area contributed by atoms with Gasteiger partial charge in [0.05, 0.1) is 19.3 Å². The molecule has 0 aliphatic carbocycles. The van der Waals surface area contributed by atoms with E-state index in [4.69, 9.17) is 4.74 Å². The molecular formula is C19H16N2O4. The van der Waals surface area contributed by atoms with Gasteiger partial charge >= 0.3 is 5.97 Å². The van der Waals surface area contributed by atoms with Gasteiger partial charge < -0.3 is 9.84 Å². The van der Waals surface area contributed by atoms with Crippen molar-refractivity contribution in [1.82, 2.24) is 9.78 Å². The largest absolute Gasteiger partial charge is 0.497 e. The number of rotatable bonds is 5. The van der Waals surface area contributed by atoms with Gasteiger partial charge in [0.2, 0.25) is 0 Å². The van der Waals surface area contributed by atoms with Crippen LogP contribution in [0.2, 0.25) is 0 Å². The standard InChI is InChI=1S/C19H16N2O4/c1-25-15-9-7-14(8-10-15)17-11-16(19(23)24)18(22)21(20-17)12-13-5-3-2-4-6-13/h2-11H,12H2,1H3,(H,23,24). The van der Waals surface area contributed by atoms with Crippen LogP contribution in [0.5, 0.6) is 5.75 Å². The summed E-state index contributed by atoms with van der Waals surface area (Å²) in [6.45, 7) is 0.198. The Kier molecular flexibility index (Phi) is 4.61. The number of hydrogen-bond acceptors (Lipinski definition) is 4. The second kappa shape index (κ2) is 7.00. The molecule has 3 rings (SSSR count). The number of carboxylic acid groups (broad SMARTS) is 1. The maximum atomic E-state index is 12.4. The molecule has 1 N–H and O–H groups in total. The van der Waals surface area contributed by atoms with Gasteiger partial charge in [0.1, 0.15) is 11.3 Å². The van der Waals surface area contributed by atoms with E-state index in [0.717, 1.165) is 5.56 Å². The Hall–Kier alpha value is -3.41. The van der Waals surface area contributed by atoms with Crippen molar-refractivity contribution in [2.24, 2.45) is 0 Å². The molecule has 0 bridgehead atoms. The first kappa shape index (κ1) is 16.4. The summed E-state index contributed by atoms with van der Waals surface area (Å²) in [5.74, 6) is -0.594. The van der Waals surface area contributed by atoms with Gasteiger partial charge in [-0.1, -0.05) is 30.3 Å². The highest BCUT2D eigenvalue weighted by atomic mass is 16.5. The van der Waals surface area contributed by atoms with Crippen molar-refractivity contribution in [3.63, 3.8) is 0 Å². The molecule has 0 aliphatic rings. The fourth-order valence-electron chi connectivity index (χ4n) is 2.46. The van der Waals surface area contributed by atoms with Gasteiger partial charge in [-0.2, -0.15) is 5.10 Å². The van der Waals surface area contributed by atoms with E-state index in [-0.39, 0.29) is 12.1 Å². The molecule has 0 radical (unpaired) electrons. The van der Waals surface area contributed by atoms with Crippen molar-refractivity contribution in [3.8, 4) is 17.0 Å². The van der Waals surface area contributed by atoms with Crippen LogP contribution in [0.25, 0.3) is 11.3 Å². The molecule has 6 nitrogen and oxygen atoms in total. The molecule has 3 aromatic rings. The molecule has 0 saturated carbocycles. The smallest absolute Gasteiger partial charge is 0.341 e. The highest BCUT2D eigenvalue weighted by Crippen LogP contribution is 2.20. The third-order valence-corrected chi connectivity index (χ3v) is 3.77. The summed E-state index contributed by atoms with van der Waals surface area (Å²) in [5.41, 5.74) is 1.03. The number of nitrogens with zero attached hydrogens (tertiary/aromatic N) is 2. The monoisotopic (exact) mass is 336 g/mol. The normalized spacial score (nSPS) is 10.4. The number of benzene rings is 2. The zero-order valence-electron chi connectivity index (χ0n) is 13.5. The van der Waals surface area contributed by atoms with Gasteiger partial charge in [0, 0.05) is 5.56 Å². The topological polar surface area (TPSA) is 81.4 Å². The minimum atomic E-state index is -1.27. The summed E-state index contributed by atoms with van der Waals surface area (Å²) in [7, 11) is 1.57. The first-order chi connectivity index (χ1) is 12.1. The van der Waals surface area contributed by atoms with Gasteiger partial charge in [-0.3, -0.25) is 4.79 Å². The van der Waals surface area contributed by atoms with Crippen LogP contribution in [0.15, 0.2) is 65.5 Å². The van der Waals surface area contributed by atoms with E-state index >= 15 is 0 Å². The van der Waals surface area contributed by atoms with Gasteiger partial charge in [-0.05, 0) is 35.9 Å². The molecule has 126 valence electrons. The summed E-state index contributed by atoms with van der Waals surface area (Å²) in [6, 6.07) is 17.6. The lowest BCUT2D eigenvalue weighted by molar-refractivity contribution is 0.0693. The van der Waals surface area contributed by atoms with Crippen LogP contribution in [-0.4, -0.2) is 28.0 Å². The number of methoxy groups -OCH3 is 1. The second-order valence-corrected chi connectivity index (χ2v) is 5.43. The number of aromatic carboxylic acids is 1. The van der Waals surface area contributed by atoms with Crippen molar-refractivity contribution in [2.45, 2.75) is 6.54 Å². The van der Waals surface area contributed by atoms with E-state index in [1.54, 1.807) is 31.4 Å². The SMILES string of the molecule is COc1ccc(-c2cc(C(=O)O)c(=O)n(Cc3ccccc3)n2)cc1. The molecule has 0 saturated heterocycles. The lowest BCUT2D eigenvalue weighted by atomic mass is 10.1. The molecule has 0 unspecified atom stereocenters. The average molecular weight is 336 g/mol. The average Bonchev–Trinajstić information content (AvgIpc) is 2.64. The number of hydrogen-bond donors (Lipinski definition) is 1. The summed E-state index contributed by atoms with van der Waals surface area (Å²) < 4.78 is 6.30. The molecule has 0 fully saturated rings. The van der Waals surface area contributed by atoms with Crippen molar-refractivity contribution >= 4 is 5.97 Å². The zero-order valence-corrected chi connectivity index (χ0v) is 13.5. The maximum absolute atomic E-state index is 12.4. The Bertz CT molecular complexity index is 947. The second-order valence-electron chi connectivity index (χ2n) is 5.43. The fourth-order valence-corrected chi connectivity index (χ4v) is 2.46. The van der Waals surface area contributed by atoms with E-state index < -0.39 is 11.5 Å². The van der Waals surface area contributed by atoms with Crippen LogP contribution in [0.4, 0.5) is 0 Å². The van der Waals surface area contributed by atoms with Crippen LogP contribution in [0, 0.1) is 0 Å². The Morgan fingerprint density at radius 3 is 2.40 bits per heavy atom. The van der Waals surface area contributed by atoms with Gasteiger partial charge in [-0.15, -0.1) is 0 Å². The van der Waals surface area contributed by atoms with Gasteiger partial charge in [0.15, 0.2) is 0 Å². The Morgan fingerprint density at radius 1 is 1.12 bits per heavy atom. The minimum absolute atomic E-state index is 0.198. The number of carbonyl (C=O) groups is 1.